The Labute approximate surface area is 224 Å². The first kappa shape index (κ1) is 27.5. The fourth-order valence-corrected chi connectivity index (χ4v) is 5.11. The topological polar surface area (TPSA) is 118 Å². The van der Waals surface area contributed by atoms with Crippen molar-refractivity contribution in [1.82, 2.24) is 14.9 Å². The number of thioether (sulfide) groups is 1. The molecule has 1 saturated heterocycles. The Morgan fingerprint density at radius 3 is 2.66 bits per heavy atom. The van der Waals surface area contributed by atoms with Crippen LogP contribution in [0.25, 0.3) is 10.9 Å². The van der Waals surface area contributed by atoms with Crippen LogP contribution in [0, 0.1) is 0 Å². The second kappa shape index (κ2) is 12.8. The third-order valence-corrected chi connectivity index (χ3v) is 7.24. The third-order valence-electron chi connectivity index (χ3n) is 6.27. The lowest BCUT2D eigenvalue weighted by Crippen LogP contribution is -2.30. The summed E-state index contributed by atoms with van der Waals surface area (Å²) < 4.78 is 22.7. The molecule has 2 heterocycles. The molecule has 0 radical (unpaired) electrons. The van der Waals surface area contributed by atoms with Crippen LogP contribution in [0.3, 0.4) is 0 Å². The Hall–Kier alpha value is -3.57. The SMILES string of the molecule is COC(=O)c1ccc2c(=O)n(C[C@H]3CCCO3)c(SCC(=O)NCCc3ccc(OC)c(OC)c3)nc2c1. The summed E-state index contributed by atoms with van der Waals surface area (Å²) in [6, 6.07) is 10.3. The van der Waals surface area contributed by atoms with Gasteiger partial charge in [-0.05, 0) is 55.2 Å². The first-order valence-electron chi connectivity index (χ1n) is 12.3. The molecule has 0 saturated carbocycles. The number of aromatic nitrogens is 2. The van der Waals surface area contributed by atoms with Crippen LogP contribution >= 0.6 is 11.8 Å². The van der Waals surface area contributed by atoms with E-state index in [4.69, 9.17) is 18.9 Å². The van der Waals surface area contributed by atoms with Crippen LogP contribution in [0.5, 0.6) is 11.5 Å². The molecule has 4 rings (SSSR count). The van der Waals surface area contributed by atoms with Gasteiger partial charge in [0.25, 0.3) is 5.56 Å². The number of fused-ring (bicyclic) bond motifs is 1. The number of carbonyl (C=O) groups excluding carboxylic acids is 2. The van der Waals surface area contributed by atoms with Crippen molar-refractivity contribution < 1.29 is 28.5 Å². The number of carbonyl (C=O) groups is 2. The number of benzene rings is 2. The van der Waals surface area contributed by atoms with Gasteiger partial charge in [0.2, 0.25) is 5.91 Å². The highest BCUT2D eigenvalue weighted by molar-refractivity contribution is 7.99. The first-order valence-corrected chi connectivity index (χ1v) is 13.3. The molecular weight excluding hydrogens is 510 g/mol. The third kappa shape index (κ3) is 6.46. The Morgan fingerprint density at radius 1 is 1.13 bits per heavy atom. The Bertz CT molecular complexity index is 1370. The lowest BCUT2D eigenvalue weighted by molar-refractivity contribution is -0.118. The molecule has 1 aliphatic rings. The zero-order chi connectivity index (χ0) is 27.1. The highest BCUT2D eigenvalue weighted by Gasteiger charge is 2.21. The van der Waals surface area contributed by atoms with Crippen molar-refractivity contribution in [2.24, 2.45) is 0 Å². The van der Waals surface area contributed by atoms with Gasteiger partial charge < -0.3 is 24.3 Å². The molecule has 0 bridgehead atoms. The van der Waals surface area contributed by atoms with Gasteiger partial charge >= 0.3 is 5.97 Å². The van der Waals surface area contributed by atoms with Crippen molar-refractivity contribution in [2.45, 2.75) is 37.1 Å². The van der Waals surface area contributed by atoms with Crippen molar-refractivity contribution in [1.29, 1.82) is 0 Å². The number of methoxy groups -OCH3 is 3. The molecule has 0 aliphatic carbocycles. The molecule has 1 atom stereocenters. The Balaban J connectivity index is 1.47. The molecule has 0 spiro atoms. The van der Waals surface area contributed by atoms with Crippen molar-refractivity contribution in [2.75, 3.05) is 40.2 Å². The summed E-state index contributed by atoms with van der Waals surface area (Å²) in [6.45, 7) is 1.45. The summed E-state index contributed by atoms with van der Waals surface area (Å²) in [5.74, 6) is 0.657. The molecule has 1 aromatic heterocycles. The van der Waals surface area contributed by atoms with Gasteiger partial charge in [-0.25, -0.2) is 9.78 Å². The van der Waals surface area contributed by atoms with Gasteiger partial charge in [-0.2, -0.15) is 0 Å². The minimum Gasteiger partial charge on any atom is -0.493 e. The number of rotatable bonds is 11. The first-order chi connectivity index (χ1) is 18.4. The highest BCUT2D eigenvalue weighted by Crippen LogP contribution is 2.27. The Morgan fingerprint density at radius 2 is 1.95 bits per heavy atom. The number of esters is 1. The summed E-state index contributed by atoms with van der Waals surface area (Å²) in [5, 5.41) is 3.70. The molecule has 11 heteroatoms. The number of amides is 1. The molecule has 0 unspecified atom stereocenters. The zero-order valence-corrected chi connectivity index (χ0v) is 22.5. The zero-order valence-electron chi connectivity index (χ0n) is 21.7. The summed E-state index contributed by atoms with van der Waals surface area (Å²) in [6.07, 6.45) is 2.32. The smallest absolute Gasteiger partial charge is 0.337 e. The van der Waals surface area contributed by atoms with Crippen molar-refractivity contribution in [3.63, 3.8) is 0 Å². The molecule has 202 valence electrons. The fraction of sp³-hybridized carbons (Fsp3) is 0.407. The molecule has 1 aliphatic heterocycles. The summed E-state index contributed by atoms with van der Waals surface area (Å²) in [5.41, 5.74) is 1.43. The number of hydrogen-bond donors (Lipinski definition) is 1. The maximum Gasteiger partial charge on any atom is 0.337 e. The van der Waals surface area contributed by atoms with Crippen LogP contribution in [0.2, 0.25) is 0 Å². The quantitative estimate of drug-likeness (QED) is 0.222. The summed E-state index contributed by atoms with van der Waals surface area (Å²) in [7, 11) is 4.46. The van der Waals surface area contributed by atoms with E-state index in [0.717, 1.165) is 18.4 Å². The number of hydrogen-bond acceptors (Lipinski definition) is 9. The fourth-order valence-electron chi connectivity index (χ4n) is 4.27. The van der Waals surface area contributed by atoms with Crippen LogP contribution in [0.4, 0.5) is 0 Å². The van der Waals surface area contributed by atoms with Gasteiger partial charge in [-0.1, -0.05) is 17.8 Å². The molecule has 10 nitrogen and oxygen atoms in total. The summed E-state index contributed by atoms with van der Waals surface area (Å²) >= 11 is 1.18. The normalized spacial score (nSPS) is 14.9. The van der Waals surface area contributed by atoms with Crippen LogP contribution in [-0.2, 0) is 27.2 Å². The van der Waals surface area contributed by atoms with E-state index in [0.29, 0.717) is 59.2 Å². The predicted molar refractivity (Wildman–Crippen MR) is 143 cm³/mol. The van der Waals surface area contributed by atoms with Crippen molar-refractivity contribution >= 4 is 34.5 Å². The van der Waals surface area contributed by atoms with Gasteiger partial charge in [0.05, 0.1) is 56.2 Å². The monoisotopic (exact) mass is 541 g/mol. The average Bonchev–Trinajstić information content (AvgIpc) is 3.46. The van der Waals surface area contributed by atoms with E-state index in [1.807, 2.05) is 18.2 Å². The largest absolute Gasteiger partial charge is 0.493 e. The van der Waals surface area contributed by atoms with Crippen LogP contribution in [-0.4, -0.2) is 67.8 Å². The maximum absolute atomic E-state index is 13.4. The second-order valence-corrected chi connectivity index (χ2v) is 9.69. The van der Waals surface area contributed by atoms with E-state index in [1.165, 1.54) is 24.9 Å². The molecule has 38 heavy (non-hydrogen) atoms. The number of nitrogens with one attached hydrogen (secondary N) is 1. The van der Waals surface area contributed by atoms with Gasteiger partial charge in [0.15, 0.2) is 16.7 Å². The Kier molecular flexibility index (Phi) is 9.24. The number of ether oxygens (including phenoxy) is 4. The maximum atomic E-state index is 13.4. The average molecular weight is 542 g/mol. The molecular formula is C27H31N3O7S. The molecule has 1 amide bonds. The van der Waals surface area contributed by atoms with Gasteiger partial charge in [-0.15, -0.1) is 0 Å². The van der Waals surface area contributed by atoms with E-state index < -0.39 is 5.97 Å². The van der Waals surface area contributed by atoms with E-state index >= 15 is 0 Å². The lowest BCUT2D eigenvalue weighted by Gasteiger charge is -2.16. The van der Waals surface area contributed by atoms with Gasteiger partial charge in [0.1, 0.15) is 0 Å². The molecule has 3 aromatic rings. The second-order valence-electron chi connectivity index (χ2n) is 8.75. The van der Waals surface area contributed by atoms with Crippen molar-refractivity contribution in [3.05, 3.63) is 57.9 Å². The lowest BCUT2D eigenvalue weighted by atomic mass is 10.1. The minimum atomic E-state index is -0.514. The standard InChI is InChI=1S/C27H31N3O7S/c1-34-22-9-6-17(13-23(22)35-2)10-11-28-24(31)16-38-27-29-21-14-18(26(33)36-3)7-8-20(21)25(32)30(27)15-19-5-4-12-37-19/h6-9,13-14,19H,4-5,10-12,15-16H2,1-3H3,(H,28,31)/t19-/m1/s1. The van der Waals surface area contributed by atoms with E-state index in [1.54, 1.807) is 30.9 Å². The van der Waals surface area contributed by atoms with E-state index in [2.05, 4.69) is 10.3 Å². The predicted octanol–water partition coefficient (Wildman–Crippen LogP) is 2.83. The number of nitrogens with zero attached hydrogens (tertiary/aromatic N) is 2. The highest BCUT2D eigenvalue weighted by atomic mass is 32.2. The minimum absolute atomic E-state index is 0.0755. The van der Waals surface area contributed by atoms with Gasteiger partial charge in [0, 0.05) is 13.2 Å². The van der Waals surface area contributed by atoms with E-state index in [-0.39, 0.29) is 23.3 Å². The van der Waals surface area contributed by atoms with Crippen LogP contribution in [0.1, 0.15) is 28.8 Å². The van der Waals surface area contributed by atoms with E-state index in [9.17, 15) is 14.4 Å². The molecule has 1 fully saturated rings. The van der Waals surface area contributed by atoms with Crippen molar-refractivity contribution in [3.8, 4) is 11.5 Å². The van der Waals surface area contributed by atoms with Crippen LogP contribution < -0.4 is 20.3 Å². The van der Waals surface area contributed by atoms with Gasteiger partial charge in [-0.3, -0.25) is 14.2 Å². The van der Waals surface area contributed by atoms with Crippen LogP contribution in [0.15, 0.2) is 46.3 Å². The summed E-state index contributed by atoms with van der Waals surface area (Å²) in [4.78, 5) is 42.7. The molecule has 2 aromatic carbocycles. The molecule has 1 N–H and O–H groups in total.